The van der Waals surface area contributed by atoms with Crippen LogP contribution in [0.4, 0.5) is 4.79 Å². The first-order chi connectivity index (χ1) is 16.2. The predicted octanol–water partition coefficient (Wildman–Crippen LogP) is 4.47. The van der Waals surface area contributed by atoms with Crippen molar-refractivity contribution in [3.8, 4) is 0 Å². The van der Waals surface area contributed by atoms with Crippen LogP contribution in [0.3, 0.4) is 0 Å². The quantitative estimate of drug-likeness (QED) is 0.377. The molecule has 3 rings (SSSR count). The van der Waals surface area contributed by atoms with E-state index in [-0.39, 0.29) is 13.2 Å². The van der Waals surface area contributed by atoms with Gasteiger partial charge in [0.15, 0.2) is 0 Å². The van der Waals surface area contributed by atoms with Gasteiger partial charge in [0.2, 0.25) is 0 Å². The molecule has 0 aliphatic heterocycles. The third-order valence-corrected chi connectivity index (χ3v) is 5.07. The first kappa shape index (κ1) is 24.5. The summed E-state index contributed by atoms with van der Waals surface area (Å²) in [5, 5.41) is 13.4. The van der Waals surface area contributed by atoms with E-state index < -0.39 is 18.2 Å². The van der Waals surface area contributed by atoms with Crippen LogP contribution in [-0.4, -0.2) is 36.6 Å². The standard InChI is InChI=1S/C27H31NO5/c29-26(21-32-19-23-12-6-2-7-13-23)25(16-17-31-18-22-10-4-1-5-11-22)28-27(30)33-20-24-14-8-3-9-15-24/h1-15,25-26,29H,16-21H2,(H,28,30)/t25-,26-/m1/s1. The minimum atomic E-state index is -0.904. The van der Waals surface area contributed by atoms with Crippen molar-refractivity contribution in [2.75, 3.05) is 13.2 Å². The molecule has 0 saturated heterocycles. The van der Waals surface area contributed by atoms with Crippen LogP contribution in [0.5, 0.6) is 0 Å². The van der Waals surface area contributed by atoms with E-state index in [1.807, 2.05) is 91.0 Å². The summed E-state index contributed by atoms with van der Waals surface area (Å²) in [5.74, 6) is 0. The van der Waals surface area contributed by atoms with Crippen molar-refractivity contribution in [3.05, 3.63) is 108 Å². The Hall–Kier alpha value is -3.19. The van der Waals surface area contributed by atoms with E-state index in [4.69, 9.17) is 14.2 Å². The lowest BCUT2D eigenvalue weighted by Crippen LogP contribution is -2.46. The lowest BCUT2D eigenvalue weighted by Gasteiger charge is -2.24. The third-order valence-electron chi connectivity index (χ3n) is 5.07. The Morgan fingerprint density at radius 1 is 0.727 bits per heavy atom. The number of aliphatic hydroxyl groups excluding tert-OH is 1. The van der Waals surface area contributed by atoms with Gasteiger partial charge in [0.05, 0.1) is 32.0 Å². The molecule has 2 atom stereocenters. The predicted molar refractivity (Wildman–Crippen MR) is 126 cm³/mol. The Bertz CT molecular complexity index is 921. The summed E-state index contributed by atoms with van der Waals surface area (Å²) in [5.41, 5.74) is 2.97. The summed E-state index contributed by atoms with van der Waals surface area (Å²) in [6.45, 7) is 1.45. The Labute approximate surface area is 195 Å². The summed E-state index contributed by atoms with van der Waals surface area (Å²) in [4.78, 5) is 12.4. The molecule has 0 bridgehead atoms. The second kappa shape index (κ2) is 14.1. The van der Waals surface area contributed by atoms with Crippen LogP contribution in [0.25, 0.3) is 0 Å². The molecule has 0 spiro atoms. The number of carbonyl (C=O) groups is 1. The van der Waals surface area contributed by atoms with Crippen LogP contribution in [0.2, 0.25) is 0 Å². The largest absolute Gasteiger partial charge is 0.445 e. The zero-order chi connectivity index (χ0) is 23.1. The topological polar surface area (TPSA) is 77.0 Å². The maximum absolute atomic E-state index is 12.4. The van der Waals surface area contributed by atoms with Gasteiger partial charge in [0.1, 0.15) is 6.61 Å². The molecule has 3 aromatic carbocycles. The van der Waals surface area contributed by atoms with Crippen molar-refractivity contribution in [1.29, 1.82) is 0 Å². The van der Waals surface area contributed by atoms with Gasteiger partial charge in [-0.25, -0.2) is 4.79 Å². The average molecular weight is 450 g/mol. The molecule has 0 aliphatic carbocycles. The number of hydrogen-bond donors (Lipinski definition) is 2. The highest BCUT2D eigenvalue weighted by atomic mass is 16.5. The minimum Gasteiger partial charge on any atom is -0.445 e. The van der Waals surface area contributed by atoms with Crippen molar-refractivity contribution in [3.63, 3.8) is 0 Å². The third kappa shape index (κ3) is 9.45. The molecule has 174 valence electrons. The summed E-state index contributed by atoms with van der Waals surface area (Å²) in [6.07, 6.45) is -1.07. The molecule has 0 aliphatic rings. The zero-order valence-electron chi connectivity index (χ0n) is 18.6. The number of nitrogens with one attached hydrogen (secondary N) is 1. The van der Waals surface area contributed by atoms with Crippen molar-refractivity contribution in [1.82, 2.24) is 5.32 Å². The maximum Gasteiger partial charge on any atom is 0.407 e. The van der Waals surface area contributed by atoms with E-state index in [2.05, 4.69) is 5.32 Å². The number of alkyl carbamates (subject to hydrolysis) is 1. The van der Waals surface area contributed by atoms with Crippen LogP contribution < -0.4 is 5.32 Å². The molecule has 0 unspecified atom stereocenters. The fraction of sp³-hybridized carbons (Fsp3) is 0.296. The van der Waals surface area contributed by atoms with Gasteiger partial charge in [-0.05, 0) is 23.1 Å². The number of amides is 1. The lowest BCUT2D eigenvalue weighted by atomic mass is 10.1. The molecule has 6 heteroatoms. The van der Waals surface area contributed by atoms with Gasteiger partial charge >= 0.3 is 6.09 Å². The van der Waals surface area contributed by atoms with Gasteiger partial charge in [0, 0.05) is 6.61 Å². The minimum absolute atomic E-state index is 0.0806. The molecule has 0 saturated carbocycles. The molecule has 33 heavy (non-hydrogen) atoms. The number of carbonyl (C=O) groups excluding carboxylic acids is 1. The highest BCUT2D eigenvalue weighted by molar-refractivity contribution is 5.67. The molecule has 3 aromatic rings. The van der Waals surface area contributed by atoms with Crippen LogP contribution >= 0.6 is 0 Å². The van der Waals surface area contributed by atoms with Gasteiger partial charge in [0.25, 0.3) is 0 Å². The number of rotatable bonds is 13. The van der Waals surface area contributed by atoms with Crippen molar-refractivity contribution >= 4 is 6.09 Å². The number of benzene rings is 3. The fourth-order valence-corrected chi connectivity index (χ4v) is 3.24. The molecular weight excluding hydrogens is 418 g/mol. The maximum atomic E-state index is 12.4. The highest BCUT2D eigenvalue weighted by Crippen LogP contribution is 2.08. The number of hydrogen-bond acceptors (Lipinski definition) is 5. The average Bonchev–Trinajstić information content (AvgIpc) is 2.86. The molecule has 1 amide bonds. The fourth-order valence-electron chi connectivity index (χ4n) is 3.24. The summed E-state index contributed by atoms with van der Waals surface area (Å²) in [7, 11) is 0. The van der Waals surface area contributed by atoms with Crippen molar-refractivity contribution < 1.29 is 24.1 Å². The molecular formula is C27H31NO5. The molecule has 0 aromatic heterocycles. The van der Waals surface area contributed by atoms with E-state index >= 15 is 0 Å². The summed E-state index contributed by atoms with van der Waals surface area (Å²) >= 11 is 0. The molecule has 0 fully saturated rings. The van der Waals surface area contributed by atoms with E-state index in [1.165, 1.54) is 0 Å². The van der Waals surface area contributed by atoms with Gasteiger partial charge in [-0.1, -0.05) is 91.0 Å². The lowest BCUT2D eigenvalue weighted by molar-refractivity contribution is -0.000372. The summed E-state index contributed by atoms with van der Waals surface area (Å²) < 4.78 is 16.7. The van der Waals surface area contributed by atoms with E-state index in [0.717, 1.165) is 16.7 Å². The van der Waals surface area contributed by atoms with Gasteiger partial charge in [-0.15, -0.1) is 0 Å². The molecule has 6 nitrogen and oxygen atoms in total. The van der Waals surface area contributed by atoms with E-state index in [9.17, 15) is 9.90 Å². The van der Waals surface area contributed by atoms with Crippen LogP contribution in [-0.2, 0) is 34.0 Å². The first-order valence-electron chi connectivity index (χ1n) is 11.1. The molecule has 0 radical (unpaired) electrons. The Balaban J connectivity index is 1.47. The monoisotopic (exact) mass is 449 g/mol. The Morgan fingerprint density at radius 2 is 1.21 bits per heavy atom. The number of ether oxygens (including phenoxy) is 3. The smallest absolute Gasteiger partial charge is 0.407 e. The SMILES string of the molecule is O=C(N[C@H](CCOCc1ccccc1)[C@H](O)COCc1ccccc1)OCc1ccccc1. The van der Waals surface area contributed by atoms with Crippen LogP contribution in [0.15, 0.2) is 91.0 Å². The second-order valence-electron chi connectivity index (χ2n) is 7.71. The van der Waals surface area contributed by atoms with E-state index in [0.29, 0.717) is 26.2 Å². The first-order valence-corrected chi connectivity index (χ1v) is 11.1. The zero-order valence-corrected chi connectivity index (χ0v) is 18.6. The van der Waals surface area contributed by atoms with Crippen molar-refractivity contribution in [2.45, 2.75) is 38.4 Å². The number of aliphatic hydroxyl groups is 1. The molecule has 2 N–H and O–H groups in total. The van der Waals surface area contributed by atoms with Crippen LogP contribution in [0.1, 0.15) is 23.1 Å². The van der Waals surface area contributed by atoms with Gasteiger partial charge < -0.3 is 24.6 Å². The molecule has 0 heterocycles. The van der Waals surface area contributed by atoms with E-state index in [1.54, 1.807) is 0 Å². The van der Waals surface area contributed by atoms with Gasteiger partial charge in [-0.3, -0.25) is 0 Å². The second-order valence-corrected chi connectivity index (χ2v) is 7.71. The summed E-state index contributed by atoms with van der Waals surface area (Å²) in [6, 6.07) is 28.5. The van der Waals surface area contributed by atoms with Gasteiger partial charge in [-0.2, -0.15) is 0 Å². The Morgan fingerprint density at radius 3 is 1.76 bits per heavy atom. The Kier molecular flexibility index (Phi) is 10.4. The van der Waals surface area contributed by atoms with Crippen molar-refractivity contribution in [2.24, 2.45) is 0 Å². The normalized spacial score (nSPS) is 12.6. The van der Waals surface area contributed by atoms with Crippen LogP contribution in [0, 0.1) is 0 Å². The highest BCUT2D eigenvalue weighted by Gasteiger charge is 2.22.